The Morgan fingerprint density at radius 1 is 1.42 bits per heavy atom. The van der Waals surface area contributed by atoms with E-state index in [1.165, 1.54) is 0 Å². The summed E-state index contributed by atoms with van der Waals surface area (Å²) in [5.41, 5.74) is 1.87. The summed E-state index contributed by atoms with van der Waals surface area (Å²) < 4.78 is 22.8. The number of rotatable bonds is 3. The van der Waals surface area contributed by atoms with Gasteiger partial charge in [0.15, 0.2) is 0 Å². The Hall–Kier alpha value is -1.11. The number of nitrogens with two attached hydrogens (primary N) is 1. The third-order valence-electron chi connectivity index (χ3n) is 3.78. The van der Waals surface area contributed by atoms with Crippen LogP contribution in [0.25, 0.3) is 0 Å². The van der Waals surface area contributed by atoms with Crippen molar-refractivity contribution in [2.75, 3.05) is 18.9 Å². The van der Waals surface area contributed by atoms with E-state index in [1.807, 2.05) is 6.92 Å². The second kappa shape index (κ2) is 5.11. The summed E-state index contributed by atoms with van der Waals surface area (Å²) in [6, 6.07) is 5.82. The predicted molar refractivity (Wildman–Crippen MR) is 76.7 cm³/mol. The fourth-order valence-electron chi connectivity index (χ4n) is 2.45. The average Bonchev–Trinajstić information content (AvgIpc) is 2.59. The first-order valence-corrected chi connectivity index (χ1v) is 7.92. The topological polar surface area (TPSA) is 75.4 Å². The van der Waals surface area contributed by atoms with Crippen LogP contribution in [0.15, 0.2) is 23.1 Å². The molecule has 2 atom stereocenters. The van der Waals surface area contributed by atoms with Gasteiger partial charge >= 0.3 is 0 Å². The first kappa shape index (κ1) is 14.3. The van der Waals surface area contributed by atoms with Crippen LogP contribution in [0, 0.1) is 6.92 Å². The van der Waals surface area contributed by atoms with Crippen LogP contribution in [0.5, 0.6) is 0 Å². The van der Waals surface area contributed by atoms with E-state index < -0.39 is 10.0 Å². The molecule has 1 heterocycles. The highest BCUT2D eigenvalue weighted by Crippen LogP contribution is 2.24. The highest BCUT2D eigenvalue weighted by molar-refractivity contribution is 7.89. The zero-order chi connectivity index (χ0) is 14.2. The minimum absolute atomic E-state index is 0.153. The zero-order valence-corrected chi connectivity index (χ0v) is 12.4. The maximum absolute atomic E-state index is 11.4. The molecule has 0 amide bonds. The molecule has 1 aliphatic heterocycles. The molecule has 2 unspecified atom stereocenters. The van der Waals surface area contributed by atoms with E-state index in [2.05, 4.69) is 24.2 Å². The van der Waals surface area contributed by atoms with Gasteiger partial charge in [-0.1, -0.05) is 6.07 Å². The maximum atomic E-state index is 11.4. The van der Waals surface area contributed by atoms with Crippen molar-refractivity contribution in [1.82, 2.24) is 4.90 Å². The van der Waals surface area contributed by atoms with Crippen molar-refractivity contribution in [2.45, 2.75) is 37.2 Å². The van der Waals surface area contributed by atoms with Crippen LogP contribution >= 0.6 is 0 Å². The molecule has 0 bridgehead atoms. The van der Waals surface area contributed by atoms with Gasteiger partial charge in [0.1, 0.15) is 0 Å². The van der Waals surface area contributed by atoms with Crippen molar-refractivity contribution in [1.29, 1.82) is 0 Å². The van der Waals surface area contributed by atoms with Crippen LogP contribution < -0.4 is 10.5 Å². The van der Waals surface area contributed by atoms with Crippen LogP contribution in [-0.4, -0.2) is 39.0 Å². The molecule has 0 aromatic heterocycles. The molecule has 0 radical (unpaired) electrons. The van der Waals surface area contributed by atoms with E-state index >= 15 is 0 Å². The monoisotopic (exact) mass is 283 g/mol. The molecule has 0 saturated carbocycles. The second-order valence-electron chi connectivity index (χ2n) is 5.39. The predicted octanol–water partition coefficient (Wildman–Crippen LogP) is 1.15. The average molecular weight is 283 g/mol. The number of nitrogens with zero attached hydrogens (tertiary/aromatic N) is 1. The molecule has 19 heavy (non-hydrogen) atoms. The summed E-state index contributed by atoms with van der Waals surface area (Å²) in [7, 11) is -1.55. The Balaban J connectivity index is 2.21. The van der Waals surface area contributed by atoms with E-state index in [-0.39, 0.29) is 4.90 Å². The van der Waals surface area contributed by atoms with Crippen molar-refractivity contribution in [2.24, 2.45) is 5.14 Å². The number of hydrogen-bond acceptors (Lipinski definition) is 4. The van der Waals surface area contributed by atoms with Gasteiger partial charge in [0.2, 0.25) is 10.0 Å². The summed E-state index contributed by atoms with van der Waals surface area (Å²) in [4.78, 5) is 2.44. The van der Waals surface area contributed by atoms with Gasteiger partial charge in [-0.05, 0) is 45.0 Å². The molecule has 3 N–H and O–H groups in total. The second-order valence-corrected chi connectivity index (χ2v) is 6.95. The van der Waals surface area contributed by atoms with E-state index in [4.69, 9.17) is 5.14 Å². The fourth-order valence-corrected chi connectivity index (χ4v) is 2.99. The van der Waals surface area contributed by atoms with Gasteiger partial charge in [-0.15, -0.1) is 0 Å². The molecule has 2 rings (SSSR count). The lowest BCUT2D eigenvalue weighted by molar-refractivity contribution is 0.330. The molecular formula is C13H21N3O2S. The highest BCUT2D eigenvalue weighted by atomic mass is 32.2. The largest absolute Gasteiger partial charge is 0.381 e. The quantitative estimate of drug-likeness (QED) is 0.872. The maximum Gasteiger partial charge on any atom is 0.238 e. The van der Waals surface area contributed by atoms with Crippen molar-refractivity contribution in [3.05, 3.63) is 23.8 Å². The Labute approximate surface area is 114 Å². The van der Waals surface area contributed by atoms with Gasteiger partial charge < -0.3 is 10.2 Å². The molecule has 1 saturated heterocycles. The highest BCUT2D eigenvalue weighted by Gasteiger charge is 2.26. The summed E-state index contributed by atoms with van der Waals surface area (Å²) in [6.45, 7) is 5.10. The first-order valence-electron chi connectivity index (χ1n) is 6.37. The van der Waals surface area contributed by atoms with Crippen molar-refractivity contribution in [3.8, 4) is 0 Å². The number of hydrogen-bond donors (Lipinski definition) is 2. The van der Waals surface area contributed by atoms with Crippen molar-refractivity contribution >= 4 is 15.7 Å². The molecule has 0 spiro atoms. The van der Waals surface area contributed by atoms with Gasteiger partial charge in [0, 0.05) is 24.3 Å². The number of sulfonamides is 1. The molecule has 1 aromatic rings. The van der Waals surface area contributed by atoms with E-state index in [0.717, 1.165) is 24.2 Å². The Bertz CT molecular complexity index is 561. The van der Waals surface area contributed by atoms with Crippen LogP contribution in [-0.2, 0) is 10.0 Å². The molecule has 5 nitrogen and oxygen atoms in total. The number of primary sulfonamides is 1. The summed E-state index contributed by atoms with van der Waals surface area (Å²) in [5.74, 6) is 0. The molecule has 1 fully saturated rings. The van der Waals surface area contributed by atoms with Gasteiger partial charge in [0.05, 0.1) is 4.90 Å². The number of likely N-dealkylation sites (tertiary alicyclic amines) is 1. The van der Waals surface area contributed by atoms with Gasteiger partial charge in [-0.2, -0.15) is 0 Å². The molecule has 6 heteroatoms. The summed E-state index contributed by atoms with van der Waals surface area (Å²) >= 11 is 0. The van der Waals surface area contributed by atoms with E-state index in [0.29, 0.717) is 12.1 Å². The van der Waals surface area contributed by atoms with Crippen molar-refractivity contribution < 1.29 is 8.42 Å². The summed E-state index contributed by atoms with van der Waals surface area (Å²) in [6.07, 6.45) is 1.05. The first-order chi connectivity index (χ1) is 8.77. The normalized spacial score (nSPS) is 24.6. The summed E-state index contributed by atoms with van der Waals surface area (Å²) in [5, 5.41) is 8.59. The Kier molecular flexibility index (Phi) is 3.85. The molecule has 1 aromatic carbocycles. The van der Waals surface area contributed by atoms with Gasteiger partial charge in [0.25, 0.3) is 0 Å². The number of likely N-dealkylation sites (N-methyl/N-ethyl adjacent to an activating group) is 1. The standard InChI is InChI=1S/C13H21N3O2S/c1-9-4-5-12(19(14,17)18)7-13(9)15-11-6-10(2)16(3)8-11/h4-5,7,10-11,15H,6,8H2,1-3H3,(H2,14,17,18). The van der Waals surface area contributed by atoms with Crippen LogP contribution in [0.4, 0.5) is 5.69 Å². The van der Waals surface area contributed by atoms with Crippen LogP contribution in [0.1, 0.15) is 18.9 Å². The minimum Gasteiger partial charge on any atom is -0.381 e. The lowest BCUT2D eigenvalue weighted by atomic mass is 10.1. The smallest absolute Gasteiger partial charge is 0.238 e. The fraction of sp³-hybridized carbons (Fsp3) is 0.538. The number of aryl methyl sites for hydroxylation is 1. The number of anilines is 1. The molecular weight excluding hydrogens is 262 g/mol. The third-order valence-corrected chi connectivity index (χ3v) is 4.69. The lowest BCUT2D eigenvalue weighted by Gasteiger charge is -2.17. The number of benzene rings is 1. The van der Waals surface area contributed by atoms with E-state index in [1.54, 1.807) is 18.2 Å². The van der Waals surface area contributed by atoms with Gasteiger partial charge in [-0.25, -0.2) is 13.6 Å². The van der Waals surface area contributed by atoms with Crippen LogP contribution in [0.2, 0.25) is 0 Å². The zero-order valence-electron chi connectivity index (χ0n) is 11.6. The van der Waals surface area contributed by atoms with E-state index in [9.17, 15) is 8.42 Å². The Morgan fingerprint density at radius 3 is 2.63 bits per heavy atom. The number of nitrogens with one attached hydrogen (secondary N) is 1. The van der Waals surface area contributed by atoms with Gasteiger partial charge in [-0.3, -0.25) is 0 Å². The SMILES string of the molecule is Cc1ccc(S(N)(=O)=O)cc1NC1CC(C)N(C)C1. The third kappa shape index (κ3) is 3.26. The minimum atomic E-state index is -3.65. The lowest BCUT2D eigenvalue weighted by Crippen LogP contribution is -2.25. The Morgan fingerprint density at radius 2 is 2.11 bits per heavy atom. The van der Waals surface area contributed by atoms with Crippen LogP contribution in [0.3, 0.4) is 0 Å². The molecule has 106 valence electrons. The van der Waals surface area contributed by atoms with Crippen molar-refractivity contribution in [3.63, 3.8) is 0 Å². The molecule has 0 aliphatic carbocycles. The molecule has 1 aliphatic rings.